The molecule has 8 heteroatoms. The Morgan fingerprint density at radius 2 is 1.77 bits per heavy atom. The summed E-state index contributed by atoms with van der Waals surface area (Å²) in [6, 6.07) is 0.00528. The minimum Gasteiger partial charge on any atom is -0.447 e. The van der Waals surface area contributed by atoms with Crippen molar-refractivity contribution < 1.29 is 23.7 Å². The lowest BCUT2D eigenvalue weighted by molar-refractivity contribution is -0.325. The number of hydrogen-bond donors (Lipinski definition) is 0. The second kappa shape index (κ2) is 8.37. The number of carbonyl (C=O) groups is 2. The molecule has 0 aliphatic carbocycles. The molecule has 7 nitrogen and oxygen atoms in total. The van der Waals surface area contributed by atoms with E-state index in [9.17, 15) is 9.59 Å². The van der Waals surface area contributed by atoms with E-state index in [0.717, 1.165) is 11.3 Å². The Bertz CT molecular complexity index is 504. The van der Waals surface area contributed by atoms with Crippen molar-refractivity contribution in [3.8, 4) is 0 Å². The molecule has 0 bridgehead atoms. The van der Waals surface area contributed by atoms with Crippen LogP contribution >= 0.6 is 0 Å². The summed E-state index contributed by atoms with van der Waals surface area (Å²) in [6.07, 6.45) is 0.0651. The number of carbonyl (C=O) groups excluding carboxylic acids is 2. The van der Waals surface area contributed by atoms with Crippen LogP contribution in [0.4, 0.5) is 4.79 Å². The molecule has 2 aliphatic rings. The van der Waals surface area contributed by atoms with Gasteiger partial charge in [0.15, 0.2) is 6.10 Å². The van der Waals surface area contributed by atoms with Crippen LogP contribution in [-0.4, -0.2) is 55.7 Å². The Morgan fingerprint density at radius 3 is 2.19 bits per heavy atom. The van der Waals surface area contributed by atoms with E-state index in [1.54, 1.807) is 5.23 Å². The first-order valence-corrected chi connectivity index (χ1v) is 11.9. The van der Waals surface area contributed by atoms with Crippen molar-refractivity contribution in [2.24, 2.45) is 0 Å². The van der Waals surface area contributed by atoms with Gasteiger partial charge in [0.05, 0.1) is 12.6 Å². The summed E-state index contributed by atoms with van der Waals surface area (Å²) in [5.74, 6) is -0.331. The van der Waals surface area contributed by atoms with E-state index in [0.29, 0.717) is 23.0 Å². The van der Waals surface area contributed by atoms with Crippen LogP contribution in [0.15, 0.2) is 0 Å². The zero-order chi connectivity index (χ0) is 19.6. The van der Waals surface area contributed by atoms with Gasteiger partial charge in [-0.15, -0.1) is 0 Å². The molecule has 0 aromatic carbocycles. The van der Waals surface area contributed by atoms with Gasteiger partial charge in [0.25, 0.3) is 5.91 Å². The van der Waals surface area contributed by atoms with Crippen LogP contribution in [0, 0.1) is 0 Å². The average Bonchev–Trinajstić information content (AvgIpc) is 3.16. The Hall–Kier alpha value is -0.963. The molecule has 0 radical (unpaired) electrons. The van der Waals surface area contributed by atoms with E-state index in [4.69, 9.17) is 14.1 Å². The van der Waals surface area contributed by atoms with Crippen molar-refractivity contribution in [3.05, 3.63) is 0 Å². The third-order valence-corrected chi connectivity index (χ3v) is 11.7. The summed E-state index contributed by atoms with van der Waals surface area (Å²) in [4.78, 5) is 31.4. The fraction of sp³-hybridized carbons (Fsp3) is 0.889. The highest BCUT2D eigenvalue weighted by Gasteiger charge is 2.51. The minimum atomic E-state index is -2.18. The molecule has 0 saturated carbocycles. The van der Waals surface area contributed by atoms with Gasteiger partial charge in [0.1, 0.15) is 6.61 Å². The quantitative estimate of drug-likeness (QED) is 0.619. The fourth-order valence-electron chi connectivity index (χ4n) is 4.38. The highest BCUT2D eigenvalue weighted by atomic mass is 28.4. The second-order valence-electron chi connectivity index (χ2n) is 8.19. The van der Waals surface area contributed by atoms with E-state index in [1.807, 2.05) is 0 Å². The van der Waals surface area contributed by atoms with Crippen LogP contribution < -0.4 is 0 Å². The van der Waals surface area contributed by atoms with Gasteiger partial charge in [-0.3, -0.25) is 9.63 Å². The van der Waals surface area contributed by atoms with Crippen molar-refractivity contribution in [1.82, 2.24) is 10.1 Å². The molecule has 150 valence electrons. The van der Waals surface area contributed by atoms with Gasteiger partial charge < -0.3 is 9.26 Å². The molecule has 2 unspecified atom stereocenters. The van der Waals surface area contributed by atoms with Crippen LogP contribution in [0.2, 0.25) is 16.6 Å². The monoisotopic (exact) mass is 386 g/mol. The van der Waals surface area contributed by atoms with Crippen molar-refractivity contribution in [1.29, 1.82) is 0 Å². The number of hydroxylamine groups is 2. The normalized spacial score (nSPS) is 25.0. The third kappa shape index (κ3) is 3.83. The minimum absolute atomic E-state index is 0.00528. The summed E-state index contributed by atoms with van der Waals surface area (Å²) in [5, 5.41) is 1.59. The summed E-state index contributed by atoms with van der Waals surface area (Å²) in [7, 11) is -2.18. The summed E-state index contributed by atoms with van der Waals surface area (Å²) >= 11 is 0. The van der Waals surface area contributed by atoms with Gasteiger partial charge >= 0.3 is 6.09 Å². The molecule has 26 heavy (non-hydrogen) atoms. The van der Waals surface area contributed by atoms with E-state index in [2.05, 4.69) is 48.5 Å². The standard InChI is InChI=1S/C18H34N2O5Si/c1-8-15-11-16(17(21)19-9-10-23-18(19)22)24-20(15)25-26(12(2)3,13(4)5)14(6)7/h12-16H,8-11H2,1-7H3. The summed E-state index contributed by atoms with van der Waals surface area (Å²) in [6.45, 7) is 15.9. The maximum absolute atomic E-state index is 12.7. The van der Waals surface area contributed by atoms with Crippen LogP contribution in [-0.2, 0) is 18.9 Å². The lowest BCUT2D eigenvalue weighted by Crippen LogP contribution is -2.53. The molecule has 0 aromatic rings. The van der Waals surface area contributed by atoms with Crippen LogP contribution in [0.1, 0.15) is 61.3 Å². The zero-order valence-electron chi connectivity index (χ0n) is 17.2. The number of imide groups is 1. The zero-order valence-corrected chi connectivity index (χ0v) is 18.2. The number of cyclic esters (lactones) is 1. The molecular weight excluding hydrogens is 352 g/mol. The van der Waals surface area contributed by atoms with E-state index < -0.39 is 20.5 Å². The highest BCUT2D eigenvalue weighted by molar-refractivity contribution is 6.77. The first kappa shape index (κ1) is 21.3. The smallest absolute Gasteiger partial charge is 0.416 e. The van der Waals surface area contributed by atoms with Gasteiger partial charge in [-0.25, -0.2) is 9.69 Å². The van der Waals surface area contributed by atoms with Crippen LogP contribution in [0.3, 0.4) is 0 Å². The van der Waals surface area contributed by atoms with Gasteiger partial charge in [-0.2, -0.15) is 0 Å². The predicted octanol–water partition coefficient (Wildman–Crippen LogP) is 3.86. The molecule has 0 spiro atoms. The van der Waals surface area contributed by atoms with Gasteiger partial charge in [-0.1, -0.05) is 53.7 Å². The van der Waals surface area contributed by atoms with E-state index in [-0.39, 0.29) is 25.1 Å². The number of ether oxygens (including phenoxy) is 1. The molecule has 2 fully saturated rings. The molecular formula is C18H34N2O5Si. The first-order chi connectivity index (χ1) is 12.1. The molecule has 0 aromatic heterocycles. The number of rotatable bonds is 7. The topological polar surface area (TPSA) is 68.3 Å². The highest BCUT2D eigenvalue weighted by Crippen LogP contribution is 2.44. The van der Waals surface area contributed by atoms with Crippen molar-refractivity contribution >= 4 is 20.3 Å². The maximum atomic E-state index is 12.7. The maximum Gasteiger partial charge on any atom is 0.416 e. The Labute approximate surface area is 158 Å². The molecule has 2 heterocycles. The van der Waals surface area contributed by atoms with Crippen molar-refractivity contribution in [2.75, 3.05) is 13.2 Å². The summed E-state index contributed by atoms with van der Waals surface area (Å²) in [5.41, 5.74) is 1.23. The molecule has 2 atom stereocenters. The molecule has 2 amide bonds. The second-order valence-corrected chi connectivity index (χ2v) is 13.5. The van der Waals surface area contributed by atoms with E-state index in [1.165, 1.54) is 0 Å². The number of amides is 2. The molecule has 2 saturated heterocycles. The van der Waals surface area contributed by atoms with Crippen molar-refractivity contribution in [2.45, 2.75) is 90.1 Å². The van der Waals surface area contributed by atoms with Crippen molar-refractivity contribution in [3.63, 3.8) is 0 Å². The van der Waals surface area contributed by atoms with Crippen LogP contribution in [0.5, 0.6) is 0 Å². The third-order valence-electron chi connectivity index (χ3n) is 5.74. The summed E-state index contributed by atoms with van der Waals surface area (Å²) < 4.78 is 11.5. The SMILES string of the molecule is CCC1CC(C(=O)N2CCOC2=O)ON1O[Si](C(C)C)(C(C)C)C(C)C. The lowest BCUT2D eigenvalue weighted by atomic mass is 10.1. The fourth-order valence-corrected chi connectivity index (χ4v) is 9.52. The largest absolute Gasteiger partial charge is 0.447 e. The van der Waals surface area contributed by atoms with Crippen LogP contribution in [0.25, 0.3) is 0 Å². The lowest BCUT2D eigenvalue weighted by Gasteiger charge is -2.44. The Morgan fingerprint density at radius 1 is 1.19 bits per heavy atom. The van der Waals surface area contributed by atoms with Gasteiger partial charge in [0.2, 0.25) is 8.32 Å². The Kier molecular flexibility index (Phi) is 6.87. The van der Waals surface area contributed by atoms with Gasteiger partial charge in [-0.05, 0) is 23.0 Å². The molecule has 0 N–H and O–H groups in total. The number of hydrogen-bond acceptors (Lipinski definition) is 6. The van der Waals surface area contributed by atoms with Gasteiger partial charge in [0, 0.05) is 6.42 Å². The Balaban J connectivity index is 2.17. The first-order valence-electron chi connectivity index (χ1n) is 9.78. The molecule has 2 rings (SSSR count). The predicted molar refractivity (Wildman–Crippen MR) is 101 cm³/mol. The molecule has 2 aliphatic heterocycles. The average molecular weight is 387 g/mol. The number of nitrogens with zero attached hydrogens (tertiary/aromatic N) is 2. The van der Waals surface area contributed by atoms with E-state index >= 15 is 0 Å².